The first-order valence-corrected chi connectivity index (χ1v) is 4.30. The van der Waals surface area contributed by atoms with Crippen molar-refractivity contribution in [2.24, 2.45) is 5.16 Å². The van der Waals surface area contributed by atoms with Gasteiger partial charge in [0.05, 0.1) is 0 Å². The van der Waals surface area contributed by atoms with Crippen LogP contribution in [0.3, 0.4) is 0 Å². The molecule has 0 aliphatic rings. The number of nitrogens with zero attached hydrogens (tertiary/aromatic N) is 1. The van der Waals surface area contributed by atoms with E-state index >= 15 is 0 Å². The Kier molecular flexibility index (Phi) is 5.50. The van der Waals surface area contributed by atoms with Gasteiger partial charge in [-0.3, -0.25) is 0 Å². The Labute approximate surface area is 75.4 Å². The zero-order valence-electron chi connectivity index (χ0n) is 7.56. The molecule has 5 heteroatoms. The van der Waals surface area contributed by atoms with Crippen LogP contribution in [0.25, 0.3) is 0 Å². The summed E-state index contributed by atoms with van der Waals surface area (Å²) >= 11 is 0. The maximum Gasteiger partial charge on any atom is 0.432 e. The fraction of sp³-hybridized carbons (Fsp3) is 0.875. The van der Waals surface area contributed by atoms with Gasteiger partial charge in [-0.25, -0.2) is 0 Å². The third-order valence-corrected chi connectivity index (χ3v) is 1.72. The van der Waals surface area contributed by atoms with Gasteiger partial charge >= 0.3 is 6.18 Å². The second-order valence-electron chi connectivity index (χ2n) is 2.86. The molecule has 0 rings (SSSR count). The molecular weight excluding hydrogens is 183 g/mol. The van der Waals surface area contributed by atoms with Gasteiger partial charge in [0.2, 0.25) is 0 Å². The number of rotatable bonds is 5. The number of alkyl halides is 3. The Bertz CT molecular complexity index is 165. The topological polar surface area (TPSA) is 32.6 Å². The van der Waals surface area contributed by atoms with Crippen molar-refractivity contribution in [1.29, 1.82) is 0 Å². The molecule has 0 aromatic rings. The minimum atomic E-state index is -4.49. The van der Waals surface area contributed by atoms with E-state index in [2.05, 4.69) is 5.16 Å². The summed E-state index contributed by atoms with van der Waals surface area (Å²) < 4.78 is 35.8. The molecule has 2 nitrogen and oxygen atoms in total. The third-order valence-electron chi connectivity index (χ3n) is 1.72. The first-order valence-electron chi connectivity index (χ1n) is 4.30. The summed E-state index contributed by atoms with van der Waals surface area (Å²) in [6.07, 6.45) is -1.63. The molecule has 0 fully saturated rings. The monoisotopic (exact) mass is 197 g/mol. The van der Waals surface area contributed by atoms with Crippen molar-refractivity contribution in [1.82, 2.24) is 0 Å². The molecule has 0 amide bonds. The SMILES string of the molecule is CCCCCC/C(=N\O)C(F)(F)F. The Balaban J connectivity index is 3.76. The summed E-state index contributed by atoms with van der Waals surface area (Å²) in [6.45, 7) is 1.98. The summed E-state index contributed by atoms with van der Waals surface area (Å²) in [6, 6.07) is 0. The van der Waals surface area contributed by atoms with Crippen LogP contribution in [0.2, 0.25) is 0 Å². The van der Waals surface area contributed by atoms with Crippen molar-refractivity contribution in [3.8, 4) is 0 Å². The number of unbranched alkanes of at least 4 members (excludes halogenated alkanes) is 3. The van der Waals surface area contributed by atoms with Gasteiger partial charge in [0.25, 0.3) is 0 Å². The normalized spacial score (nSPS) is 13.4. The molecule has 0 aliphatic carbocycles. The highest BCUT2D eigenvalue weighted by molar-refractivity contribution is 5.89. The van der Waals surface area contributed by atoms with Gasteiger partial charge in [-0.15, -0.1) is 0 Å². The van der Waals surface area contributed by atoms with Gasteiger partial charge in [0.1, 0.15) is 0 Å². The van der Waals surface area contributed by atoms with Crippen molar-refractivity contribution >= 4 is 5.71 Å². The average molecular weight is 197 g/mol. The molecule has 78 valence electrons. The number of hydrogen-bond donors (Lipinski definition) is 1. The molecular formula is C8H14F3NO. The van der Waals surface area contributed by atoms with Gasteiger partial charge in [-0.05, 0) is 12.8 Å². The molecule has 13 heavy (non-hydrogen) atoms. The van der Waals surface area contributed by atoms with E-state index in [0.717, 1.165) is 19.3 Å². The summed E-state index contributed by atoms with van der Waals surface area (Å²) in [4.78, 5) is 0. The predicted molar refractivity (Wildman–Crippen MR) is 44.0 cm³/mol. The maximum absolute atomic E-state index is 11.9. The smallest absolute Gasteiger partial charge is 0.411 e. The fourth-order valence-electron chi connectivity index (χ4n) is 0.968. The quantitative estimate of drug-likeness (QED) is 0.311. The molecule has 0 saturated heterocycles. The van der Waals surface area contributed by atoms with Crippen molar-refractivity contribution in [2.45, 2.75) is 45.2 Å². The lowest BCUT2D eigenvalue weighted by atomic mass is 10.1. The molecule has 0 heterocycles. The van der Waals surface area contributed by atoms with Gasteiger partial charge in [-0.1, -0.05) is 31.3 Å². The highest BCUT2D eigenvalue weighted by Crippen LogP contribution is 2.21. The van der Waals surface area contributed by atoms with Gasteiger partial charge < -0.3 is 5.21 Å². The van der Waals surface area contributed by atoms with Crippen LogP contribution >= 0.6 is 0 Å². The van der Waals surface area contributed by atoms with Crippen molar-refractivity contribution in [3.05, 3.63) is 0 Å². The fourth-order valence-corrected chi connectivity index (χ4v) is 0.968. The maximum atomic E-state index is 11.9. The molecule has 1 N–H and O–H groups in total. The minimum Gasteiger partial charge on any atom is -0.411 e. The molecule has 0 aliphatic heterocycles. The van der Waals surface area contributed by atoms with Crippen LogP contribution in [-0.4, -0.2) is 17.1 Å². The predicted octanol–water partition coefficient (Wildman–Crippen LogP) is 3.35. The van der Waals surface area contributed by atoms with Crippen LogP contribution in [0, 0.1) is 0 Å². The third kappa shape index (κ3) is 5.49. The first kappa shape index (κ1) is 12.3. The van der Waals surface area contributed by atoms with E-state index in [1.165, 1.54) is 0 Å². The molecule has 0 unspecified atom stereocenters. The highest BCUT2D eigenvalue weighted by atomic mass is 19.4. The second kappa shape index (κ2) is 5.83. The molecule has 0 bridgehead atoms. The Morgan fingerprint density at radius 2 is 1.85 bits per heavy atom. The van der Waals surface area contributed by atoms with E-state index in [-0.39, 0.29) is 6.42 Å². The second-order valence-corrected chi connectivity index (χ2v) is 2.86. The van der Waals surface area contributed by atoms with Crippen molar-refractivity contribution in [2.75, 3.05) is 0 Å². The first-order chi connectivity index (χ1) is 6.02. The van der Waals surface area contributed by atoms with E-state index in [1.54, 1.807) is 0 Å². The van der Waals surface area contributed by atoms with Crippen LogP contribution in [-0.2, 0) is 0 Å². The minimum absolute atomic E-state index is 0.194. The van der Waals surface area contributed by atoms with E-state index in [0.29, 0.717) is 6.42 Å². The summed E-state index contributed by atoms with van der Waals surface area (Å²) in [7, 11) is 0. The van der Waals surface area contributed by atoms with Crippen LogP contribution in [0.1, 0.15) is 39.0 Å². The molecule has 0 aromatic heterocycles. The lowest BCUT2D eigenvalue weighted by molar-refractivity contribution is -0.0628. The lowest BCUT2D eigenvalue weighted by Crippen LogP contribution is -2.22. The van der Waals surface area contributed by atoms with Crippen molar-refractivity contribution in [3.63, 3.8) is 0 Å². The standard InChI is InChI=1S/C8H14F3NO/c1-2-3-4-5-6-7(12-13)8(9,10)11/h13H,2-6H2,1H3/b12-7+. The summed E-state index contributed by atoms with van der Waals surface area (Å²) in [5, 5.41) is 10.3. The molecule has 0 radical (unpaired) electrons. The average Bonchev–Trinajstić information content (AvgIpc) is 2.02. The highest BCUT2D eigenvalue weighted by Gasteiger charge is 2.35. The van der Waals surface area contributed by atoms with Crippen molar-refractivity contribution < 1.29 is 18.4 Å². The zero-order chi connectivity index (χ0) is 10.3. The summed E-state index contributed by atoms with van der Waals surface area (Å²) in [5.41, 5.74) is -1.08. The van der Waals surface area contributed by atoms with E-state index in [1.807, 2.05) is 6.92 Å². The number of oxime groups is 1. The zero-order valence-corrected chi connectivity index (χ0v) is 7.56. The van der Waals surface area contributed by atoms with Crippen LogP contribution in [0.15, 0.2) is 5.16 Å². The number of halogens is 3. The molecule has 0 aromatic carbocycles. The van der Waals surface area contributed by atoms with E-state index in [9.17, 15) is 13.2 Å². The number of hydrogen-bond acceptors (Lipinski definition) is 2. The Hall–Kier alpha value is -0.740. The van der Waals surface area contributed by atoms with Crippen LogP contribution in [0.4, 0.5) is 13.2 Å². The Morgan fingerprint density at radius 3 is 2.23 bits per heavy atom. The van der Waals surface area contributed by atoms with E-state index < -0.39 is 11.9 Å². The molecule has 0 saturated carbocycles. The van der Waals surface area contributed by atoms with Crippen LogP contribution in [0.5, 0.6) is 0 Å². The molecule has 0 spiro atoms. The van der Waals surface area contributed by atoms with E-state index in [4.69, 9.17) is 5.21 Å². The van der Waals surface area contributed by atoms with Gasteiger partial charge in [0.15, 0.2) is 5.71 Å². The summed E-state index contributed by atoms with van der Waals surface area (Å²) in [5.74, 6) is 0. The van der Waals surface area contributed by atoms with Gasteiger partial charge in [-0.2, -0.15) is 13.2 Å². The van der Waals surface area contributed by atoms with Crippen LogP contribution < -0.4 is 0 Å². The molecule has 0 atom stereocenters. The largest absolute Gasteiger partial charge is 0.432 e. The van der Waals surface area contributed by atoms with Gasteiger partial charge in [0, 0.05) is 0 Å². The Morgan fingerprint density at radius 1 is 1.23 bits per heavy atom. The lowest BCUT2D eigenvalue weighted by Gasteiger charge is -2.07.